The molecule has 0 spiro atoms. The van der Waals surface area contributed by atoms with Gasteiger partial charge < -0.3 is 14.6 Å². The molecule has 0 aromatic heterocycles. The molecule has 0 radical (unpaired) electrons. The summed E-state index contributed by atoms with van der Waals surface area (Å²) >= 11 is 0. The zero-order valence-electron chi connectivity index (χ0n) is 11.0. The third-order valence-corrected chi connectivity index (χ3v) is 3.39. The monoisotopic (exact) mass is 244 g/mol. The van der Waals surface area contributed by atoms with E-state index in [0.717, 1.165) is 12.8 Å². The number of rotatable bonds is 5. The van der Waals surface area contributed by atoms with Crippen molar-refractivity contribution in [2.24, 2.45) is 17.8 Å². The molecule has 0 aliphatic carbocycles. The van der Waals surface area contributed by atoms with Crippen LogP contribution in [0.5, 0.6) is 0 Å². The Hall–Kier alpha value is -0.610. The molecule has 0 aromatic rings. The predicted molar refractivity (Wildman–Crippen MR) is 64.5 cm³/mol. The number of carbonyl (C=O) groups is 1. The van der Waals surface area contributed by atoms with Crippen molar-refractivity contribution in [2.75, 3.05) is 19.8 Å². The summed E-state index contributed by atoms with van der Waals surface area (Å²) in [7, 11) is 0. The highest BCUT2D eigenvalue weighted by Gasteiger charge is 2.36. The van der Waals surface area contributed by atoms with Crippen LogP contribution in [0.4, 0.5) is 0 Å². The van der Waals surface area contributed by atoms with Crippen LogP contribution in [0.25, 0.3) is 0 Å². The van der Waals surface area contributed by atoms with Crippen molar-refractivity contribution in [1.82, 2.24) is 0 Å². The molecule has 17 heavy (non-hydrogen) atoms. The second-order valence-corrected chi connectivity index (χ2v) is 4.96. The average molecular weight is 244 g/mol. The van der Waals surface area contributed by atoms with Gasteiger partial charge in [0.1, 0.15) is 0 Å². The summed E-state index contributed by atoms with van der Waals surface area (Å²) in [5, 5.41) is 10.3. The smallest absolute Gasteiger partial charge is 0.311 e. The molecular formula is C13H24O4. The molecule has 2 unspecified atom stereocenters. The number of hydrogen-bond donors (Lipinski definition) is 1. The molecule has 1 aliphatic heterocycles. The number of esters is 1. The van der Waals surface area contributed by atoms with Gasteiger partial charge in [0.05, 0.1) is 18.6 Å². The number of aliphatic hydroxyl groups excluding tert-OH is 1. The molecule has 4 nitrogen and oxygen atoms in total. The summed E-state index contributed by atoms with van der Waals surface area (Å²) in [5.41, 5.74) is 0. The Morgan fingerprint density at radius 3 is 2.47 bits per heavy atom. The quantitative estimate of drug-likeness (QED) is 0.746. The first kappa shape index (κ1) is 14.5. The zero-order chi connectivity index (χ0) is 12.8. The molecule has 1 aliphatic rings. The first-order valence-corrected chi connectivity index (χ1v) is 6.50. The summed E-state index contributed by atoms with van der Waals surface area (Å²) in [6.07, 6.45) is 1.03. The maximum atomic E-state index is 11.9. The van der Waals surface area contributed by atoms with E-state index in [1.807, 2.05) is 13.8 Å². The van der Waals surface area contributed by atoms with Gasteiger partial charge in [0.15, 0.2) is 0 Å². The van der Waals surface area contributed by atoms with E-state index >= 15 is 0 Å². The first-order valence-electron chi connectivity index (χ1n) is 6.50. The van der Waals surface area contributed by atoms with E-state index in [-0.39, 0.29) is 17.8 Å². The lowest BCUT2D eigenvalue weighted by Crippen LogP contribution is -2.40. The van der Waals surface area contributed by atoms with Crippen LogP contribution in [0.2, 0.25) is 0 Å². The molecule has 2 atom stereocenters. The number of hydrogen-bond acceptors (Lipinski definition) is 4. The zero-order valence-corrected chi connectivity index (χ0v) is 11.0. The van der Waals surface area contributed by atoms with Crippen LogP contribution in [-0.4, -0.2) is 37.0 Å². The Labute approximate surface area is 103 Å². The molecule has 4 heteroatoms. The van der Waals surface area contributed by atoms with E-state index in [4.69, 9.17) is 9.47 Å². The van der Waals surface area contributed by atoms with E-state index in [9.17, 15) is 9.90 Å². The van der Waals surface area contributed by atoms with Crippen molar-refractivity contribution >= 4 is 5.97 Å². The summed E-state index contributed by atoms with van der Waals surface area (Å²) in [6.45, 7) is 7.40. The molecule has 0 aromatic carbocycles. The highest BCUT2D eigenvalue weighted by Crippen LogP contribution is 2.28. The Bertz CT molecular complexity index is 234. The van der Waals surface area contributed by atoms with Crippen molar-refractivity contribution in [3.05, 3.63) is 0 Å². The lowest BCUT2D eigenvalue weighted by Gasteiger charge is -2.32. The number of aliphatic hydroxyl groups is 1. The van der Waals surface area contributed by atoms with Gasteiger partial charge in [-0.05, 0) is 31.6 Å². The van der Waals surface area contributed by atoms with Crippen molar-refractivity contribution < 1.29 is 19.4 Å². The third-order valence-electron chi connectivity index (χ3n) is 3.39. The summed E-state index contributed by atoms with van der Waals surface area (Å²) in [6, 6.07) is 0. The van der Waals surface area contributed by atoms with Crippen molar-refractivity contribution in [3.63, 3.8) is 0 Å². The Balaban J connectivity index is 2.64. The maximum Gasteiger partial charge on any atom is 0.311 e. The minimum Gasteiger partial charge on any atom is -0.466 e. The minimum absolute atomic E-state index is 0.0897. The van der Waals surface area contributed by atoms with Crippen LogP contribution in [0, 0.1) is 17.8 Å². The van der Waals surface area contributed by atoms with Crippen LogP contribution in [-0.2, 0) is 14.3 Å². The summed E-state index contributed by atoms with van der Waals surface area (Å²) in [5.74, 6) is -0.452. The summed E-state index contributed by atoms with van der Waals surface area (Å²) < 4.78 is 10.3. The van der Waals surface area contributed by atoms with Gasteiger partial charge in [-0.2, -0.15) is 0 Å². The molecule has 1 fully saturated rings. The van der Waals surface area contributed by atoms with Crippen molar-refractivity contribution in [1.29, 1.82) is 0 Å². The number of ether oxygens (including phenoxy) is 2. The number of carbonyl (C=O) groups excluding carboxylic acids is 1. The Morgan fingerprint density at radius 2 is 2.00 bits per heavy atom. The van der Waals surface area contributed by atoms with E-state index in [0.29, 0.717) is 19.8 Å². The van der Waals surface area contributed by atoms with Gasteiger partial charge in [0, 0.05) is 13.2 Å². The molecule has 0 saturated carbocycles. The molecule has 1 heterocycles. The molecule has 100 valence electrons. The molecule has 0 amide bonds. The maximum absolute atomic E-state index is 11.9. The van der Waals surface area contributed by atoms with Crippen LogP contribution in [0.3, 0.4) is 0 Å². The van der Waals surface area contributed by atoms with Crippen LogP contribution in [0.1, 0.15) is 33.6 Å². The summed E-state index contributed by atoms with van der Waals surface area (Å²) in [4.78, 5) is 11.9. The fraction of sp³-hybridized carbons (Fsp3) is 0.923. The van der Waals surface area contributed by atoms with Gasteiger partial charge in [0.25, 0.3) is 0 Å². The van der Waals surface area contributed by atoms with E-state index in [1.165, 1.54) is 0 Å². The first-order chi connectivity index (χ1) is 8.07. The average Bonchev–Trinajstić information content (AvgIpc) is 2.30. The molecule has 0 bridgehead atoms. The van der Waals surface area contributed by atoms with Gasteiger partial charge in [-0.3, -0.25) is 4.79 Å². The van der Waals surface area contributed by atoms with E-state index in [2.05, 4.69) is 0 Å². The fourth-order valence-corrected chi connectivity index (χ4v) is 2.39. The SMILES string of the molecule is CCOC(=O)C(C(C)C)C(O)C1CCOCC1. The van der Waals surface area contributed by atoms with Crippen molar-refractivity contribution in [2.45, 2.75) is 39.7 Å². The lowest BCUT2D eigenvalue weighted by atomic mass is 9.80. The van der Waals surface area contributed by atoms with Gasteiger partial charge in [-0.25, -0.2) is 0 Å². The standard InChI is InChI=1S/C13H24O4/c1-4-17-13(15)11(9(2)3)12(14)10-5-7-16-8-6-10/h9-12,14H,4-8H2,1-3H3. The van der Waals surface area contributed by atoms with Gasteiger partial charge in [0.2, 0.25) is 0 Å². The largest absolute Gasteiger partial charge is 0.466 e. The third kappa shape index (κ3) is 3.96. The van der Waals surface area contributed by atoms with Crippen molar-refractivity contribution in [3.8, 4) is 0 Å². The molecule has 1 rings (SSSR count). The molecule has 1 saturated heterocycles. The Morgan fingerprint density at radius 1 is 1.41 bits per heavy atom. The minimum atomic E-state index is -0.613. The predicted octanol–water partition coefficient (Wildman–Crippen LogP) is 1.61. The topological polar surface area (TPSA) is 55.8 Å². The van der Waals surface area contributed by atoms with E-state index in [1.54, 1.807) is 6.92 Å². The second kappa shape index (κ2) is 6.97. The molecule has 1 N–H and O–H groups in total. The van der Waals surface area contributed by atoms with E-state index < -0.39 is 12.0 Å². The normalized spacial score (nSPS) is 21.2. The fourth-order valence-electron chi connectivity index (χ4n) is 2.39. The van der Waals surface area contributed by atoms with Gasteiger partial charge in [-0.1, -0.05) is 13.8 Å². The van der Waals surface area contributed by atoms with Gasteiger partial charge >= 0.3 is 5.97 Å². The highest BCUT2D eigenvalue weighted by molar-refractivity contribution is 5.73. The van der Waals surface area contributed by atoms with Crippen LogP contribution >= 0.6 is 0 Å². The van der Waals surface area contributed by atoms with Crippen LogP contribution in [0.15, 0.2) is 0 Å². The van der Waals surface area contributed by atoms with Gasteiger partial charge in [-0.15, -0.1) is 0 Å². The molecular weight excluding hydrogens is 220 g/mol. The second-order valence-electron chi connectivity index (χ2n) is 4.96. The lowest BCUT2D eigenvalue weighted by molar-refractivity contribution is -0.157. The Kier molecular flexibility index (Phi) is 5.92. The van der Waals surface area contributed by atoms with Crippen LogP contribution < -0.4 is 0 Å². The highest BCUT2D eigenvalue weighted by atomic mass is 16.5.